The van der Waals surface area contributed by atoms with Crippen LogP contribution in [0, 0.1) is 5.21 Å². The number of hydrogen-bond acceptors (Lipinski definition) is 4. The van der Waals surface area contributed by atoms with Crippen molar-refractivity contribution in [3.63, 3.8) is 0 Å². The molecule has 0 aromatic carbocycles. The molecule has 1 N–H and O–H groups in total. The standard InChI is InChI=1S/C10H19NO4/c1-11(13)5-2-3-10(4-6-11)14-8-9(7-12)15-10/h9,12H,2-8H2,1H3. The van der Waals surface area contributed by atoms with Crippen molar-refractivity contribution in [1.82, 2.24) is 0 Å². The van der Waals surface area contributed by atoms with Crippen LogP contribution in [0.1, 0.15) is 19.3 Å². The van der Waals surface area contributed by atoms with E-state index in [9.17, 15) is 5.21 Å². The second-order valence-electron chi connectivity index (χ2n) is 4.74. The molecule has 0 aromatic rings. The first-order valence-electron chi connectivity index (χ1n) is 5.53. The van der Waals surface area contributed by atoms with E-state index in [4.69, 9.17) is 14.6 Å². The first-order valence-corrected chi connectivity index (χ1v) is 5.53. The predicted octanol–water partition coefficient (Wildman–Crippen LogP) is 0.219. The lowest BCUT2D eigenvalue weighted by molar-refractivity contribution is -0.860. The number of quaternary nitrogens is 1. The lowest BCUT2D eigenvalue weighted by Gasteiger charge is -2.37. The van der Waals surface area contributed by atoms with Crippen LogP contribution in [0.4, 0.5) is 0 Å². The maximum absolute atomic E-state index is 11.8. The average molecular weight is 217 g/mol. The second kappa shape index (κ2) is 3.99. The van der Waals surface area contributed by atoms with E-state index in [1.165, 1.54) is 0 Å². The van der Waals surface area contributed by atoms with Crippen molar-refractivity contribution in [1.29, 1.82) is 0 Å². The minimum Gasteiger partial charge on any atom is -0.633 e. The molecule has 0 amide bonds. The van der Waals surface area contributed by atoms with Crippen LogP contribution in [0.2, 0.25) is 0 Å². The Morgan fingerprint density at radius 1 is 1.47 bits per heavy atom. The van der Waals surface area contributed by atoms with Gasteiger partial charge in [-0.05, 0) is 0 Å². The molecule has 2 rings (SSSR count). The lowest BCUT2D eigenvalue weighted by Crippen LogP contribution is -2.40. The molecule has 2 saturated heterocycles. The topological polar surface area (TPSA) is 61.8 Å². The highest BCUT2D eigenvalue weighted by Crippen LogP contribution is 2.34. The normalized spacial score (nSPS) is 47.0. The Kier molecular flexibility index (Phi) is 3.00. The Morgan fingerprint density at radius 3 is 2.93 bits per heavy atom. The molecule has 3 atom stereocenters. The van der Waals surface area contributed by atoms with E-state index in [-0.39, 0.29) is 17.4 Å². The molecule has 3 unspecified atom stereocenters. The van der Waals surface area contributed by atoms with Crippen molar-refractivity contribution in [3.8, 4) is 0 Å². The zero-order chi connectivity index (χ0) is 10.9. The molecule has 2 aliphatic heterocycles. The van der Waals surface area contributed by atoms with Gasteiger partial charge in [-0.25, -0.2) is 0 Å². The average Bonchev–Trinajstić information content (AvgIpc) is 2.52. The molecule has 5 nitrogen and oxygen atoms in total. The number of ether oxygens (including phenoxy) is 2. The Hall–Kier alpha value is -0.200. The van der Waals surface area contributed by atoms with E-state index in [2.05, 4.69) is 0 Å². The fourth-order valence-corrected chi connectivity index (χ4v) is 2.30. The van der Waals surface area contributed by atoms with E-state index in [1.807, 2.05) is 0 Å². The van der Waals surface area contributed by atoms with Gasteiger partial charge in [-0.3, -0.25) is 0 Å². The summed E-state index contributed by atoms with van der Waals surface area (Å²) in [6.45, 7) is 1.58. The summed E-state index contributed by atoms with van der Waals surface area (Å²) in [4.78, 5) is 0. The maximum Gasteiger partial charge on any atom is 0.174 e. The monoisotopic (exact) mass is 217 g/mol. The molecule has 0 aliphatic carbocycles. The van der Waals surface area contributed by atoms with Crippen LogP contribution in [0.5, 0.6) is 0 Å². The molecule has 15 heavy (non-hydrogen) atoms. The highest BCUT2D eigenvalue weighted by atomic mass is 16.7. The summed E-state index contributed by atoms with van der Waals surface area (Å²) in [5.41, 5.74) is 0. The van der Waals surface area contributed by atoms with Crippen molar-refractivity contribution < 1.29 is 19.2 Å². The lowest BCUT2D eigenvalue weighted by atomic mass is 10.1. The van der Waals surface area contributed by atoms with Crippen LogP contribution in [0.15, 0.2) is 0 Å². The highest BCUT2D eigenvalue weighted by Gasteiger charge is 2.43. The van der Waals surface area contributed by atoms with Gasteiger partial charge in [0.2, 0.25) is 0 Å². The summed E-state index contributed by atoms with van der Waals surface area (Å²) in [7, 11) is 1.69. The van der Waals surface area contributed by atoms with E-state index >= 15 is 0 Å². The summed E-state index contributed by atoms with van der Waals surface area (Å²) in [6, 6.07) is 0. The van der Waals surface area contributed by atoms with Gasteiger partial charge in [0.25, 0.3) is 0 Å². The number of likely N-dealkylation sites (tertiary alicyclic amines) is 1. The van der Waals surface area contributed by atoms with Crippen molar-refractivity contribution >= 4 is 0 Å². The molecule has 2 fully saturated rings. The quantitative estimate of drug-likeness (QED) is 0.504. The minimum atomic E-state index is -0.589. The third-order valence-corrected chi connectivity index (χ3v) is 3.27. The molecule has 2 heterocycles. The van der Waals surface area contributed by atoms with Crippen molar-refractivity contribution in [2.45, 2.75) is 31.2 Å². The third-order valence-electron chi connectivity index (χ3n) is 3.27. The number of rotatable bonds is 1. The van der Waals surface area contributed by atoms with Crippen LogP contribution in [0.3, 0.4) is 0 Å². The highest BCUT2D eigenvalue weighted by molar-refractivity contribution is 4.80. The number of hydroxylamine groups is 3. The zero-order valence-corrected chi connectivity index (χ0v) is 9.15. The fourth-order valence-electron chi connectivity index (χ4n) is 2.30. The van der Waals surface area contributed by atoms with E-state index < -0.39 is 5.79 Å². The molecule has 2 aliphatic rings. The van der Waals surface area contributed by atoms with Crippen molar-refractivity contribution in [3.05, 3.63) is 5.21 Å². The van der Waals surface area contributed by atoms with Crippen LogP contribution < -0.4 is 0 Å². The molecule has 0 bridgehead atoms. The van der Waals surface area contributed by atoms with Gasteiger partial charge in [0.05, 0.1) is 39.8 Å². The third kappa shape index (κ3) is 2.49. The Balaban J connectivity index is 1.99. The Morgan fingerprint density at radius 2 is 2.27 bits per heavy atom. The molecule has 5 heteroatoms. The minimum absolute atomic E-state index is 0.00868. The molecular formula is C10H19NO4. The van der Waals surface area contributed by atoms with Gasteiger partial charge in [-0.15, -0.1) is 0 Å². The summed E-state index contributed by atoms with van der Waals surface area (Å²) >= 11 is 0. The molecule has 88 valence electrons. The van der Waals surface area contributed by atoms with Gasteiger partial charge in [0.15, 0.2) is 5.79 Å². The zero-order valence-electron chi connectivity index (χ0n) is 9.15. The Bertz CT molecular complexity index is 233. The molecule has 0 saturated carbocycles. The molecular weight excluding hydrogens is 198 g/mol. The molecule has 0 radical (unpaired) electrons. The fraction of sp³-hybridized carbons (Fsp3) is 1.00. The number of aliphatic hydroxyl groups is 1. The van der Waals surface area contributed by atoms with E-state index in [1.54, 1.807) is 7.05 Å². The van der Waals surface area contributed by atoms with Gasteiger partial charge in [-0.1, -0.05) is 0 Å². The SMILES string of the molecule is C[N+]1([O-])CCCC2(CC1)OCC(CO)O2. The maximum atomic E-state index is 11.8. The van der Waals surface area contributed by atoms with E-state index in [0.717, 1.165) is 12.8 Å². The smallest absolute Gasteiger partial charge is 0.174 e. The molecule has 1 spiro atoms. The second-order valence-corrected chi connectivity index (χ2v) is 4.74. The number of hydrogen-bond donors (Lipinski definition) is 1. The Labute approximate surface area is 89.8 Å². The molecule has 0 aromatic heterocycles. The van der Waals surface area contributed by atoms with Crippen LogP contribution in [0.25, 0.3) is 0 Å². The number of nitrogens with zero attached hydrogens (tertiary/aromatic N) is 1. The van der Waals surface area contributed by atoms with Crippen molar-refractivity contribution in [2.75, 3.05) is 33.4 Å². The summed E-state index contributed by atoms with van der Waals surface area (Å²) in [5.74, 6) is -0.589. The van der Waals surface area contributed by atoms with Crippen LogP contribution in [-0.2, 0) is 9.47 Å². The largest absolute Gasteiger partial charge is 0.633 e. The van der Waals surface area contributed by atoms with E-state index in [0.29, 0.717) is 26.1 Å². The van der Waals surface area contributed by atoms with Gasteiger partial charge in [0, 0.05) is 12.8 Å². The summed E-state index contributed by atoms with van der Waals surface area (Å²) in [6.07, 6.45) is 2.00. The van der Waals surface area contributed by atoms with Crippen LogP contribution >= 0.6 is 0 Å². The first kappa shape index (κ1) is 11.3. The van der Waals surface area contributed by atoms with Gasteiger partial charge < -0.3 is 24.4 Å². The van der Waals surface area contributed by atoms with Gasteiger partial charge >= 0.3 is 0 Å². The first-order chi connectivity index (χ1) is 7.05. The summed E-state index contributed by atoms with van der Waals surface area (Å²) < 4.78 is 11.1. The van der Waals surface area contributed by atoms with Crippen molar-refractivity contribution in [2.24, 2.45) is 0 Å². The van der Waals surface area contributed by atoms with Crippen LogP contribution in [-0.4, -0.2) is 55.0 Å². The van der Waals surface area contributed by atoms with Gasteiger partial charge in [0.1, 0.15) is 6.10 Å². The number of aliphatic hydroxyl groups excluding tert-OH is 1. The van der Waals surface area contributed by atoms with Gasteiger partial charge in [-0.2, -0.15) is 0 Å². The summed E-state index contributed by atoms with van der Waals surface area (Å²) in [5, 5.41) is 20.8. The predicted molar refractivity (Wildman–Crippen MR) is 53.8 cm³/mol.